The quantitative estimate of drug-likeness (QED) is 0.428. The molecule has 0 aromatic heterocycles. The van der Waals surface area contributed by atoms with Gasteiger partial charge in [0.1, 0.15) is 0 Å². The zero-order chi connectivity index (χ0) is 12.1. The van der Waals surface area contributed by atoms with Crippen LogP contribution in [0.1, 0.15) is 67.7 Å². The molecule has 0 aliphatic heterocycles. The van der Waals surface area contributed by atoms with E-state index in [0.29, 0.717) is 16.7 Å². The molecule has 90 valence electrons. The third-order valence-electron chi connectivity index (χ3n) is 3.09. The van der Waals surface area contributed by atoms with Gasteiger partial charge in [0.15, 0.2) is 0 Å². The molecule has 0 rings (SSSR count). The van der Waals surface area contributed by atoms with Crippen LogP contribution < -0.4 is 0 Å². The van der Waals surface area contributed by atoms with Gasteiger partial charge in [-0.05, 0) is 36.0 Å². The van der Waals surface area contributed by atoms with Crippen molar-refractivity contribution in [3.63, 3.8) is 0 Å². The van der Waals surface area contributed by atoms with E-state index in [4.69, 9.17) is 0 Å². The Balaban J connectivity index is 3.73. The summed E-state index contributed by atoms with van der Waals surface area (Å²) in [6.07, 6.45) is 8.61. The second-order valence-corrected chi connectivity index (χ2v) is 7.04. The lowest BCUT2D eigenvalue weighted by Crippen LogP contribution is -2.14. The van der Waals surface area contributed by atoms with Gasteiger partial charge in [-0.3, -0.25) is 0 Å². The van der Waals surface area contributed by atoms with Crippen molar-refractivity contribution in [1.82, 2.24) is 0 Å². The normalized spacial score (nSPS) is 15.9. The lowest BCUT2D eigenvalue weighted by atomic mass is 9.82. The second kappa shape index (κ2) is 5.72. The van der Waals surface area contributed by atoms with Crippen LogP contribution in [-0.4, -0.2) is 0 Å². The largest absolute Gasteiger partial charge is 0.0882 e. The Morgan fingerprint density at radius 3 is 1.93 bits per heavy atom. The third-order valence-corrected chi connectivity index (χ3v) is 3.09. The summed E-state index contributed by atoms with van der Waals surface area (Å²) < 4.78 is 0. The smallest absolute Gasteiger partial charge is 0.0213 e. The Morgan fingerprint density at radius 2 is 1.53 bits per heavy atom. The molecule has 0 unspecified atom stereocenters. The van der Waals surface area contributed by atoms with Crippen LogP contribution in [0.2, 0.25) is 0 Å². The van der Waals surface area contributed by atoms with E-state index in [-0.39, 0.29) is 0 Å². The van der Waals surface area contributed by atoms with E-state index in [0.717, 1.165) is 0 Å². The molecule has 1 atom stereocenters. The summed E-state index contributed by atoms with van der Waals surface area (Å²) in [7, 11) is 0. The molecule has 15 heavy (non-hydrogen) atoms. The first-order valence-corrected chi connectivity index (χ1v) is 6.29. The molecule has 0 spiro atoms. The van der Waals surface area contributed by atoms with Gasteiger partial charge in [0.25, 0.3) is 0 Å². The Labute approximate surface area is 97.2 Å². The van der Waals surface area contributed by atoms with E-state index in [9.17, 15) is 0 Å². The Hall–Kier alpha value is -0.260. The van der Waals surface area contributed by atoms with Crippen LogP contribution in [0.4, 0.5) is 0 Å². The SMILES string of the molecule is C[C@@H](/C=C/CCCC(C)(C)C)C(C)(C)C. The predicted octanol–water partition coefficient (Wildman–Crippen LogP) is 5.44. The monoisotopic (exact) mass is 210 g/mol. The number of hydrogen-bond acceptors (Lipinski definition) is 0. The first kappa shape index (κ1) is 14.7. The molecular weight excluding hydrogens is 180 g/mol. The number of unbranched alkanes of at least 4 members (excludes halogenated alkanes) is 1. The fraction of sp³-hybridized carbons (Fsp3) is 0.867. The lowest BCUT2D eigenvalue weighted by molar-refractivity contribution is 0.313. The molecular formula is C15H30. The van der Waals surface area contributed by atoms with Crippen molar-refractivity contribution >= 4 is 0 Å². The van der Waals surface area contributed by atoms with Gasteiger partial charge in [-0.2, -0.15) is 0 Å². The van der Waals surface area contributed by atoms with E-state index < -0.39 is 0 Å². The minimum atomic E-state index is 0.403. The van der Waals surface area contributed by atoms with Crippen LogP contribution in [0.5, 0.6) is 0 Å². The molecule has 0 fully saturated rings. The first-order chi connectivity index (χ1) is 6.63. The van der Waals surface area contributed by atoms with Crippen LogP contribution in [0.25, 0.3) is 0 Å². The van der Waals surface area contributed by atoms with Gasteiger partial charge >= 0.3 is 0 Å². The third kappa shape index (κ3) is 8.72. The Kier molecular flexibility index (Phi) is 5.62. The maximum atomic E-state index is 2.38. The highest BCUT2D eigenvalue weighted by molar-refractivity contribution is 4.91. The summed E-state index contributed by atoms with van der Waals surface area (Å²) in [5.74, 6) is 0.673. The summed E-state index contributed by atoms with van der Waals surface area (Å²) in [6, 6.07) is 0. The number of hydrogen-bond donors (Lipinski definition) is 0. The average molecular weight is 210 g/mol. The van der Waals surface area contributed by atoms with Crippen molar-refractivity contribution in [3.8, 4) is 0 Å². The summed E-state index contributed by atoms with van der Waals surface area (Å²) in [6.45, 7) is 16.2. The summed E-state index contributed by atoms with van der Waals surface area (Å²) in [4.78, 5) is 0. The molecule has 0 amide bonds. The van der Waals surface area contributed by atoms with Crippen LogP contribution in [0, 0.1) is 16.7 Å². The zero-order valence-electron chi connectivity index (χ0n) is 11.9. The molecule has 0 saturated carbocycles. The highest BCUT2D eigenvalue weighted by Gasteiger charge is 2.16. The maximum absolute atomic E-state index is 2.38. The average Bonchev–Trinajstić information content (AvgIpc) is 1.99. The maximum Gasteiger partial charge on any atom is -0.0213 e. The summed E-state index contributed by atoms with van der Waals surface area (Å²) >= 11 is 0. The van der Waals surface area contributed by atoms with Crippen LogP contribution in [0.3, 0.4) is 0 Å². The molecule has 0 bridgehead atoms. The summed E-state index contributed by atoms with van der Waals surface area (Å²) in [5, 5.41) is 0. The molecule has 0 aromatic carbocycles. The minimum absolute atomic E-state index is 0.403. The predicted molar refractivity (Wildman–Crippen MR) is 71.1 cm³/mol. The van der Waals surface area contributed by atoms with Gasteiger partial charge in [0.2, 0.25) is 0 Å². The standard InChI is InChI=1S/C15H30/c1-13(15(5,6)7)11-9-8-10-12-14(2,3)4/h9,11,13H,8,10,12H2,1-7H3/b11-9+/t13-/m0/s1. The molecule has 0 aliphatic rings. The topological polar surface area (TPSA) is 0 Å². The van der Waals surface area contributed by atoms with Gasteiger partial charge in [-0.25, -0.2) is 0 Å². The van der Waals surface area contributed by atoms with E-state index >= 15 is 0 Å². The lowest BCUT2D eigenvalue weighted by Gasteiger charge is -2.24. The molecule has 0 N–H and O–H groups in total. The zero-order valence-corrected chi connectivity index (χ0v) is 11.9. The molecule has 0 nitrogen and oxygen atoms in total. The van der Waals surface area contributed by atoms with Crippen molar-refractivity contribution in [2.45, 2.75) is 67.7 Å². The fourth-order valence-electron chi connectivity index (χ4n) is 1.34. The minimum Gasteiger partial charge on any atom is -0.0882 e. The van der Waals surface area contributed by atoms with Gasteiger partial charge in [-0.15, -0.1) is 0 Å². The van der Waals surface area contributed by atoms with E-state index in [2.05, 4.69) is 60.6 Å². The molecule has 0 aliphatic carbocycles. The van der Waals surface area contributed by atoms with Crippen LogP contribution in [0.15, 0.2) is 12.2 Å². The van der Waals surface area contributed by atoms with Crippen molar-refractivity contribution < 1.29 is 0 Å². The van der Waals surface area contributed by atoms with Crippen molar-refractivity contribution in [2.24, 2.45) is 16.7 Å². The van der Waals surface area contributed by atoms with Crippen molar-refractivity contribution in [2.75, 3.05) is 0 Å². The number of rotatable bonds is 4. The van der Waals surface area contributed by atoms with Gasteiger partial charge in [0, 0.05) is 0 Å². The van der Waals surface area contributed by atoms with Gasteiger partial charge in [-0.1, -0.05) is 60.6 Å². The molecule has 0 saturated heterocycles. The van der Waals surface area contributed by atoms with Crippen LogP contribution >= 0.6 is 0 Å². The van der Waals surface area contributed by atoms with Gasteiger partial charge in [0.05, 0.1) is 0 Å². The van der Waals surface area contributed by atoms with Crippen molar-refractivity contribution in [1.29, 1.82) is 0 Å². The first-order valence-electron chi connectivity index (χ1n) is 6.29. The molecule has 0 heteroatoms. The molecule has 0 aromatic rings. The van der Waals surface area contributed by atoms with Crippen molar-refractivity contribution in [3.05, 3.63) is 12.2 Å². The van der Waals surface area contributed by atoms with E-state index in [1.807, 2.05) is 0 Å². The van der Waals surface area contributed by atoms with Crippen LogP contribution in [-0.2, 0) is 0 Å². The molecule has 0 heterocycles. The highest BCUT2D eigenvalue weighted by atomic mass is 14.2. The Bertz CT molecular complexity index is 185. The van der Waals surface area contributed by atoms with E-state index in [1.165, 1.54) is 19.3 Å². The fourth-order valence-corrected chi connectivity index (χ4v) is 1.34. The Morgan fingerprint density at radius 1 is 1.00 bits per heavy atom. The second-order valence-electron chi connectivity index (χ2n) is 7.04. The van der Waals surface area contributed by atoms with Gasteiger partial charge < -0.3 is 0 Å². The van der Waals surface area contributed by atoms with E-state index in [1.54, 1.807) is 0 Å². The number of allylic oxidation sites excluding steroid dienone is 2. The highest BCUT2D eigenvalue weighted by Crippen LogP contribution is 2.27. The summed E-state index contributed by atoms with van der Waals surface area (Å²) in [5.41, 5.74) is 0.893. The molecule has 0 radical (unpaired) electrons.